The molecule has 0 bridgehead atoms. The first-order valence-electron chi connectivity index (χ1n) is 9.81. The smallest absolute Gasteiger partial charge is 0.407 e. The fourth-order valence-electron chi connectivity index (χ4n) is 4.05. The van der Waals surface area contributed by atoms with Crippen molar-refractivity contribution in [1.29, 1.82) is 0 Å². The lowest BCUT2D eigenvalue weighted by atomic mass is 9.83. The molecule has 152 valence electrons. The molecule has 2 N–H and O–H groups in total. The zero-order valence-corrected chi connectivity index (χ0v) is 16.7. The predicted molar refractivity (Wildman–Crippen MR) is 106 cm³/mol. The van der Waals surface area contributed by atoms with E-state index in [1.54, 1.807) is 0 Å². The SMILES string of the molecule is CC(C)(C)OC[C@H](NC(=O)OCC1C2=C(C=CCC2)C2C=CC=C[C@@H]21)C(=O)O. The van der Waals surface area contributed by atoms with Crippen molar-refractivity contribution in [3.8, 4) is 0 Å². The Morgan fingerprint density at radius 2 is 2.04 bits per heavy atom. The van der Waals surface area contributed by atoms with Gasteiger partial charge in [0.15, 0.2) is 6.04 Å². The van der Waals surface area contributed by atoms with E-state index in [1.165, 1.54) is 11.1 Å². The Morgan fingerprint density at radius 3 is 2.75 bits per heavy atom. The van der Waals surface area contributed by atoms with Gasteiger partial charge in [-0.2, -0.15) is 0 Å². The topological polar surface area (TPSA) is 84.9 Å². The highest BCUT2D eigenvalue weighted by Gasteiger charge is 2.40. The minimum absolute atomic E-state index is 0.115. The third kappa shape index (κ3) is 4.73. The minimum atomic E-state index is -1.15. The average Bonchev–Trinajstić information content (AvgIpc) is 2.96. The number of hydrogen-bond acceptors (Lipinski definition) is 4. The first-order chi connectivity index (χ1) is 13.3. The number of aliphatic carboxylic acids is 1. The molecule has 0 aromatic rings. The van der Waals surface area contributed by atoms with Gasteiger partial charge in [-0.1, -0.05) is 42.0 Å². The van der Waals surface area contributed by atoms with Crippen molar-refractivity contribution in [2.24, 2.45) is 17.8 Å². The fourth-order valence-corrected chi connectivity index (χ4v) is 4.05. The summed E-state index contributed by atoms with van der Waals surface area (Å²) in [5.41, 5.74) is 2.20. The van der Waals surface area contributed by atoms with E-state index < -0.39 is 23.7 Å². The van der Waals surface area contributed by atoms with E-state index in [2.05, 4.69) is 35.7 Å². The molecule has 0 aliphatic heterocycles. The molecule has 3 aliphatic rings. The Labute approximate surface area is 166 Å². The van der Waals surface area contributed by atoms with Crippen LogP contribution in [0.4, 0.5) is 4.79 Å². The maximum absolute atomic E-state index is 12.2. The third-order valence-electron chi connectivity index (χ3n) is 5.36. The molecule has 4 atom stereocenters. The van der Waals surface area contributed by atoms with Crippen LogP contribution in [0.2, 0.25) is 0 Å². The van der Waals surface area contributed by atoms with Crippen LogP contribution < -0.4 is 5.32 Å². The van der Waals surface area contributed by atoms with Crippen molar-refractivity contribution in [3.05, 3.63) is 47.6 Å². The van der Waals surface area contributed by atoms with Gasteiger partial charge < -0.3 is 19.9 Å². The van der Waals surface area contributed by atoms with Crippen LogP contribution in [0.25, 0.3) is 0 Å². The number of amides is 1. The summed E-state index contributed by atoms with van der Waals surface area (Å²) in [6, 6.07) is -1.15. The van der Waals surface area contributed by atoms with Crippen LogP contribution in [0.3, 0.4) is 0 Å². The lowest BCUT2D eigenvalue weighted by molar-refractivity contribution is -0.142. The van der Waals surface area contributed by atoms with Gasteiger partial charge in [-0.15, -0.1) is 0 Å². The van der Waals surface area contributed by atoms with Gasteiger partial charge in [0.1, 0.15) is 6.61 Å². The van der Waals surface area contributed by atoms with Gasteiger partial charge in [-0.05, 0) is 45.1 Å². The second-order valence-corrected chi connectivity index (χ2v) is 8.46. The number of carbonyl (C=O) groups excluding carboxylic acids is 1. The zero-order chi connectivity index (χ0) is 20.3. The molecule has 0 heterocycles. The van der Waals surface area contributed by atoms with E-state index in [4.69, 9.17) is 9.47 Å². The Hall–Kier alpha value is -2.34. The highest BCUT2D eigenvalue weighted by Crippen LogP contribution is 2.48. The summed E-state index contributed by atoms with van der Waals surface area (Å²) in [6.07, 6.45) is 14.1. The number of carbonyl (C=O) groups is 2. The van der Waals surface area contributed by atoms with E-state index in [1.807, 2.05) is 26.8 Å². The lowest BCUT2D eigenvalue weighted by Crippen LogP contribution is -2.46. The molecule has 2 unspecified atom stereocenters. The normalized spacial score (nSPS) is 26.6. The highest BCUT2D eigenvalue weighted by atomic mass is 16.6. The third-order valence-corrected chi connectivity index (χ3v) is 5.36. The largest absolute Gasteiger partial charge is 0.480 e. The number of alkyl carbamates (subject to hydrolysis) is 1. The molecule has 3 rings (SSSR count). The fraction of sp³-hybridized carbons (Fsp3) is 0.545. The number of carboxylic acid groups (broad SMARTS) is 1. The molecule has 3 aliphatic carbocycles. The molecule has 0 radical (unpaired) electrons. The van der Waals surface area contributed by atoms with Crippen LogP contribution >= 0.6 is 0 Å². The molecule has 6 nitrogen and oxygen atoms in total. The van der Waals surface area contributed by atoms with E-state index in [-0.39, 0.29) is 25.0 Å². The standard InChI is InChI=1S/C22H29NO5/c1-22(2,3)28-13-19(20(24)25)23-21(26)27-12-18-16-10-6-4-8-14(16)15-9-5-7-11-17(15)18/h4-6,8-10,14,16,18-19H,7,11-13H2,1-3H3,(H,23,26)(H,24,25)/t14?,16-,18?,19-/m0/s1. The van der Waals surface area contributed by atoms with Crippen LogP contribution in [0.1, 0.15) is 33.6 Å². The van der Waals surface area contributed by atoms with Crippen LogP contribution in [-0.2, 0) is 14.3 Å². The van der Waals surface area contributed by atoms with Crippen molar-refractivity contribution in [3.63, 3.8) is 0 Å². The molecule has 0 fully saturated rings. The van der Waals surface area contributed by atoms with E-state index >= 15 is 0 Å². The molecule has 0 saturated heterocycles. The molecule has 0 spiro atoms. The quantitative estimate of drug-likeness (QED) is 0.727. The number of hydrogen-bond donors (Lipinski definition) is 2. The minimum Gasteiger partial charge on any atom is -0.480 e. The number of fused-ring (bicyclic) bond motifs is 2. The average molecular weight is 387 g/mol. The lowest BCUT2D eigenvalue weighted by Gasteiger charge is -2.25. The van der Waals surface area contributed by atoms with Gasteiger partial charge >= 0.3 is 12.1 Å². The molecule has 0 aromatic heterocycles. The second-order valence-electron chi connectivity index (χ2n) is 8.46. The van der Waals surface area contributed by atoms with Crippen LogP contribution in [0, 0.1) is 17.8 Å². The van der Waals surface area contributed by atoms with Crippen LogP contribution in [0.15, 0.2) is 47.6 Å². The number of allylic oxidation sites excluding steroid dienone is 7. The first kappa shape index (κ1) is 20.4. The van der Waals surface area contributed by atoms with Gasteiger partial charge in [0.2, 0.25) is 0 Å². The Kier molecular flexibility index (Phi) is 6.08. The van der Waals surface area contributed by atoms with Crippen molar-refractivity contribution in [2.75, 3.05) is 13.2 Å². The molecule has 0 aromatic carbocycles. The van der Waals surface area contributed by atoms with Gasteiger partial charge in [0, 0.05) is 11.8 Å². The van der Waals surface area contributed by atoms with Crippen molar-refractivity contribution < 1.29 is 24.2 Å². The predicted octanol–water partition coefficient (Wildman–Crippen LogP) is 3.62. The van der Waals surface area contributed by atoms with Crippen molar-refractivity contribution in [2.45, 2.75) is 45.3 Å². The molecule has 6 heteroatoms. The van der Waals surface area contributed by atoms with Gasteiger partial charge in [-0.25, -0.2) is 9.59 Å². The molecular formula is C22H29NO5. The first-order valence-corrected chi connectivity index (χ1v) is 9.81. The molecule has 0 saturated carbocycles. The van der Waals surface area contributed by atoms with Crippen LogP contribution in [0.5, 0.6) is 0 Å². The summed E-state index contributed by atoms with van der Waals surface area (Å²) in [4.78, 5) is 23.7. The number of rotatable bonds is 6. The maximum atomic E-state index is 12.2. The summed E-state index contributed by atoms with van der Waals surface area (Å²) >= 11 is 0. The van der Waals surface area contributed by atoms with Gasteiger partial charge in [0.05, 0.1) is 12.2 Å². The summed E-state index contributed by atoms with van der Waals surface area (Å²) in [5, 5.41) is 11.7. The monoisotopic (exact) mass is 387 g/mol. The number of nitrogens with one attached hydrogen (secondary N) is 1. The van der Waals surface area contributed by atoms with E-state index in [0.29, 0.717) is 5.92 Å². The van der Waals surface area contributed by atoms with Crippen molar-refractivity contribution in [1.82, 2.24) is 5.32 Å². The Balaban J connectivity index is 1.59. The van der Waals surface area contributed by atoms with Gasteiger partial charge in [-0.3, -0.25) is 0 Å². The molecule has 1 amide bonds. The van der Waals surface area contributed by atoms with E-state index in [0.717, 1.165) is 12.8 Å². The summed E-state index contributed by atoms with van der Waals surface area (Å²) in [6.45, 7) is 5.62. The molecule has 28 heavy (non-hydrogen) atoms. The van der Waals surface area contributed by atoms with Crippen molar-refractivity contribution >= 4 is 12.1 Å². The highest BCUT2D eigenvalue weighted by molar-refractivity contribution is 5.80. The van der Waals surface area contributed by atoms with Crippen LogP contribution in [-0.4, -0.2) is 42.0 Å². The summed E-state index contributed by atoms with van der Waals surface area (Å²) in [7, 11) is 0. The Bertz CT molecular complexity index is 741. The number of ether oxygens (including phenoxy) is 2. The second kappa shape index (κ2) is 8.35. The summed E-state index contributed by atoms with van der Waals surface area (Å²) in [5.74, 6) is -0.402. The summed E-state index contributed by atoms with van der Waals surface area (Å²) < 4.78 is 10.9. The van der Waals surface area contributed by atoms with E-state index in [9.17, 15) is 14.7 Å². The maximum Gasteiger partial charge on any atom is 0.407 e. The van der Waals surface area contributed by atoms with Gasteiger partial charge in [0.25, 0.3) is 0 Å². The zero-order valence-electron chi connectivity index (χ0n) is 16.7. The Morgan fingerprint density at radius 1 is 1.29 bits per heavy atom. The molecular weight excluding hydrogens is 358 g/mol. The number of carboxylic acids is 1.